The number of rotatable bonds is 8. The molecule has 1 aromatic heterocycles. The Labute approximate surface area is 187 Å². The average Bonchev–Trinajstić information content (AvgIpc) is 2.84. The number of hydrogen-bond donors (Lipinski definition) is 2. The smallest absolute Gasteiger partial charge is 0.127 e. The van der Waals surface area contributed by atoms with Crippen molar-refractivity contribution in [2.45, 2.75) is 6.42 Å². The van der Waals surface area contributed by atoms with Crippen LogP contribution in [-0.2, 0) is 4.74 Å². The second-order valence-electron chi connectivity index (χ2n) is 7.50. The lowest BCUT2D eigenvalue weighted by atomic mass is 10.1. The van der Waals surface area contributed by atoms with Gasteiger partial charge in [-0.3, -0.25) is 9.89 Å². The minimum Gasteiger partial charge on any atom is -0.508 e. The number of pyridine rings is 1. The van der Waals surface area contributed by atoms with Crippen LogP contribution >= 0.6 is 0 Å². The van der Waals surface area contributed by atoms with Crippen molar-refractivity contribution in [3.8, 4) is 11.5 Å². The van der Waals surface area contributed by atoms with Gasteiger partial charge in [0.05, 0.1) is 42.9 Å². The number of aromatic hydroxyl groups is 1. The third kappa shape index (κ3) is 5.81. The Balaban J connectivity index is 1.37. The molecule has 2 aromatic carbocycles. The molecule has 0 aliphatic carbocycles. The Morgan fingerprint density at radius 2 is 1.94 bits per heavy atom. The zero-order chi connectivity index (χ0) is 22.2. The topological polar surface area (TPSA) is 106 Å². The molecule has 1 aliphatic heterocycles. The minimum absolute atomic E-state index is 0.188. The molecule has 0 bridgehead atoms. The van der Waals surface area contributed by atoms with Crippen LogP contribution in [0.15, 0.2) is 64.7 Å². The fraction of sp³-hybridized carbons (Fsp3) is 0.292. The standard InChI is InChI=1S/C24H27N5O3/c25-28-24(17-26-19-3-5-20(30)6-4-19)23-8-2-18-16-21(7-9-22(18)27-23)32-13-1-10-29-11-14-31-15-12-29/h2-9,16-17,30H,1,10-15,25H2. The molecule has 32 heavy (non-hydrogen) atoms. The number of aliphatic imine (C=N–C) groups is 1. The summed E-state index contributed by atoms with van der Waals surface area (Å²) in [5.74, 6) is 6.59. The van der Waals surface area contributed by atoms with E-state index in [4.69, 9.17) is 15.3 Å². The molecular formula is C24H27N5O3. The lowest BCUT2D eigenvalue weighted by Crippen LogP contribution is -2.37. The van der Waals surface area contributed by atoms with Crippen molar-refractivity contribution in [1.29, 1.82) is 0 Å². The monoisotopic (exact) mass is 433 g/mol. The van der Waals surface area contributed by atoms with Gasteiger partial charge in [-0.1, -0.05) is 6.07 Å². The van der Waals surface area contributed by atoms with Crippen molar-refractivity contribution < 1.29 is 14.6 Å². The quantitative estimate of drug-likeness (QED) is 0.245. The first-order chi connectivity index (χ1) is 15.7. The van der Waals surface area contributed by atoms with Crippen LogP contribution in [0.4, 0.5) is 5.69 Å². The van der Waals surface area contributed by atoms with Gasteiger partial charge in [0, 0.05) is 25.0 Å². The van der Waals surface area contributed by atoms with E-state index in [0.29, 0.717) is 23.7 Å². The summed E-state index contributed by atoms with van der Waals surface area (Å²) in [5, 5.41) is 14.2. The zero-order valence-electron chi connectivity index (χ0n) is 17.9. The third-order valence-electron chi connectivity index (χ3n) is 5.24. The van der Waals surface area contributed by atoms with Crippen LogP contribution in [0.1, 0.15) is 12.1 Å². The van der Waals surface area contributed by atoms with E-state index in [0.717, 1.165) is 55.9 Å². The molecule has 1 fully saturated rings. The first-order valence-electron chi connectivity index (χ1n) is 10.7. The lowest BCUT2D eigenvalue weighted by molar-refractivity contribution is 0.0358. The third-order valence-corrected chi connectivity index (χ3v) is 5.24. The maximum Gasteiger partial charge on any atom is 0.127 e. The Bertz CT molecular complexity index is 1090. The SMILES string of the molecule is NN=C(C=Nc1ccc(O)cc1)c1ccc2cc(OCCCN3CCOCC3)ccc2n1. The molecule has 0 amide bonds. The number of phenolic OH excluding ortho intramolecular Hbond substituents is 1. The molecule has 0 unspecified atom stereocenters. The summed E-state index contributed by atoms with van der Waals surface area (Å²) in [4.78, 5) is 11.4. The summed E-state index contributed by atoms with van der Waals surface area (Å²) in [5.41, 5.74) is 2.59. The van der Waals surface area contributed by atoms with Crippen LogP contribution in [0.25, 0.3) is 10.9 Å². The molecule has 0 saturated carbocycles. The van der Waals surface area contributed by atoms with Crippen molar-refractivity contribution in [1.82, 2.24) is 9.88 Å². The predicted octanol–water partition coefficient (Wildman–Crippen LogP) is 3.11. The van der Waals surface area contributed by atoms with Crippen LogP contribution in [-0.4, -0.2) is 66.4 Å². The van der Waals surface area contributed by atoms with Gasteiger partial charge in [0.2, 0.25) is 0 Å². The Morgan fingerprint density at radius 1 is 1.12 bits per heavy atom. The highest BCUT2D eigenvalue weighted by Gasteiger charge is 2.10. The van der Waals surface area contributed by atoms with E-state index in [1.54, 1.807) is 30.5 Å². The molecule has 0 radical (unpaired) electrons. The molecular weight excluding hydrogens is 406 g/mol. The van der Waals surface area contributed by atoms with E-state index in [1.807, 2.05) is 30.3 Å². The van der Waals surface area contributed by atoms with E-state index < -0.39 is 0 Å². The largest absolute Gasteiger partial charge is 0.508 e. The molecule has 8 heteroatoms. The molecule has 3 aromatic rings. The molecule has 166 valence electrons. The highest BCUT2D eigenvalue weighted by Crippen LogP contribution is 2.21. The molecule has 1 saturated heterocycles. The number of nitrogens with zero attached hydrogens (tertiary/aromatic N) is 4. The number of ether oxygens (including phenoxy) is 2. The maximum atomic E-state index is 9.37. The van der Waals surface area contributed by atoms with Crippen LogP contribution in [0, 0.1) is 0 Å². The van der Waals surface area contributed by atoms with Crippen molar-refractivity contribution in [2.75, 3.05) is 39.5 Å². The number of phenols is 1. The normalized spacial score (nSPS) is 15.4. The number of nitrogens with two attached hydrogens (primary N) is 1. The van der Waals surface area contributed by atoms with Gasteiger partial charge in [0.15, 0.2) is 0 Å². The number of fused-ring (bicyclic) bond motifs is 1. The number of aromatic nitrogens is 1. The summed E-state index contributed by atoms with van der Waals surface area (Å²) in [6.07, 6.45) is 2.54. The van der Waals surface area contributed by atoms with E-state index in [9.17, 15) is 5.11 Å². The molecule has 0 atom stereocenters. The number of hydrogen-bond acceptors (Lipinski definition) is 8. The Kier molecular flexibility index (Phi) is 7.27. The van der Waals surface area contributed by atoms with E-state index >= 15 is 0 Å². The van der Waals surface area contributed by atoms with Gasteiger partial charge in [-0.05, 0) is 55.0 Å². The maximum absolute atomic E-state index is 9.37. The first-order valence-corrected chi connectivity index (χ1v) is 10.7. The van der Waals surface area contributed by atoms with Gasteiger partial charge < -0.3 is 20.4 Å². The highest BCUT2D eigenvalue weighted by molar-refractivity contribution is 6.38. The zero-order valence-corrected chi connectivity index (χ0v) is 17.9. The van der Waals surface area contributed by atoms with Crippen LogP contribution in [0.5, 0.6) is 11.5 Å². The number of benzene rings is 2. The summed E-state index contributed by atoms with van der Waals surface area (Å²) in [6, 6.07) is 16.2. The lowest BCUT2D eigenvalue weighted by Gasteiger charge is -2.26. The van der Waals surface area contributed by atoms with Crippen molar-refractivity contribution in [3.63, 3.8) is 0 Å². The van der Waals surface area contributed by atoms with E-state index in [-0.39, 0.29) is 5.75 Å². The molecule has 3 N–H and O–H groups in total. The summed E-state index contributed by atoms with van der Waals surface area (Å²) >= 11 is 0. The van der Waals surface area contributed by atoms with Crippen LogP contribution in [0.2, 0.25) is 0 Å². The Hall–Kier alpha value is -3.49. The van der Waals surface area contributed by atoms with Gasteiger partial charge in [0.25, 0.3) is 0 Å². The fourth-order valence-corrected chi connectivity index (χ4v) is 3.48. The molecule has 8 nitrogen and oxygen atoms in total. The van der Waals surface area contributed by atoms with Crippen molar-refractivity contribution >= 4 is 28.5 Å². The fourth-order valence-electron chi connectivity index (χ4n) is 3.48. The average molecular weight is 434 g/mol. The predicted molar refractivity (Wildman–Crippen MR) is 126 cm³/mol. The van der Waals surface area contributed by atoms with Gasteiger partial charge in [-0.25, -0.2) is 4.98 Å². The van der Waals surface area contributed by atoms with Crippen molar-refractivity contribution in [3.05, 3.63) is 60.3 Å². The highest BCUT2D eigenvalue weighted by atomic mass is 16.5. The summed E-state index contributed by atoms with van der Waals surface area (Å²) in [6.45, 7) is 5.33. The van der Waals surface area contributed by atoms with Gasteiger partial charge in [0.1, 0.15) is 17.2 Å². The van der Waals surface area contributed by atoms with Gasteiger partial charge in [-0.2, -0.15) is 5.10 Å². The summed E-state index contributed by atoms with van der Waals surface area (Å²) < 4.78 is 11.3. The molecule has 4 rings (SSSR count). The van der Waals surface area contributed by atoms with Gasteiger partial charge in [-0.15, -0.1) is 0 Å². The van der Waals surface area contributed by atoms with E-state index in [2.05, 4.69) is 20.0 Å². The second kappa shape index (κ2) is 10.7. The Morgan fingerprint density at radius 3 is 2.72 bits per heavy atom. The number of hydrazone groups is 1. The van der Waals surface area contributed by atoms with Crippen LogP contribution < -0.4 is 10.6 Å². The van der Waals surface area contributed by atoms with Crippen molar-refractivity contribution in [2.24, 2.45) is 15.9 Å². The van der Waals surface area contributed by atoms with E-state index in [1.165, 1.54) is 0 Å². The minimum atomic E-state index is 0.188. The molecule has 1 aliphatic rings. The molecule has 2 heterocycles. The molecule has 0 spiro atoms. The van der Waals surface area contributed by atoms with Gasteiger partial charge >= 0.3 is 0 Å². The number of morpholine rings is 1. The first kappa shape index (κ1) is 21.7. The van der Waals surface area contributed by atoms with Crippen LogP contribution in [0.3, 0.4) is 0 Å². The summed E-state index contributed by atoms with van der Waals surface area (Å²) in [7, 11) is 0. The second-order valence-corrected chi connectivity index (χ2v) is 7.50.